The normalized spacial score (nSPS) is 18.7. The van der Waals surface area contributed by atoms with E-state index in [9.17, 15) is 14.7 Å². The number of benzene rings is 2. The fraction of sp³-hybridized carbons (Fsp3) is 0.238. The second-order valence-electron chi connectivity index (χ2n) is 6.13. The van der Waals surface area contributed by atoms with E-state index in [1.54, 1.807) is 55.6 Å². The number of nitrogens with zero attached hydrogens (tertiary/aromatic N) is 1. The van der Waals surface area contributed by atoms with Crippen molar-refractivity contribution in [2.45, 2.75) is 6.04 Å². The fourth-order valence-electron chi connectivity index (χ4n) is 3.21. The summed E-state index contributed by atoms with van der Waals surface area (Å²) in [6, 6.07) is 15.1. The van der Waals surface area contributed by atoms with Gasteiger partial charge in [0.15, 0.2) is 0 Å². The second kappa shape index (κ2) is 8.05. The van der Waals surface area contributed by atoms with Crippen molar-refractivity contribution < 1.29 is 24.2 Å². The molecule has 1 N–H and O–H groups in total. The molecule has 3 rings (SSSR count). The van der Waals surface area contributed by atoms with E-state index in [1.807, 2.05) is 6.07 Å². The Hall–Kier alpha value is -3.12. The molecule has 1 aliphatic heterocycles. The molecule has 2 aromatic carbocycles. The standard InChI is InChI=1S/C21H21NO5/c1-26-12-11-22-18(15-9-6-10-16(13-15)27-2)17(20(24)21(22)25)19(23)14-7-4-3-5-8-14/h3-10,13,18,23H,11-12H2,1-2H3/t18-/m1/s1. The molecule has 0 aliphatic carbocycles. The van der Waals surface area contributed by atoms with Crippen LogP contribution in [0.15, 0.2) is 60.2 Å². The zero-order valence-corrected chi connectivity index (χ0v) is 15.2. The minimum Gasteiger partial charge on any atom is -0.507 e. The topological polar surface area (TPSA) is 76.1 Å². The molecular weight excluding hydrogens is 346 g/mol. The minimum atomic E-state index is -0.713. The molecule has 1 heterocycles. The highest BCUT2D eigenvalue weighted by molar-refractivity contribution is 6.46. The molecule has 0 radical (unpaired) electrons. The SMILES string of the molecule is COCCN1C(=O)C(=O)C(=C(O)c2ccccc2)[C@H]1c1cccc(OC)c1. The molecule has 6 heteroatoms. The Labute approximate surface area is 157 Å². The first-order valence-corrected chi connectivity index (χ1v) is 8.55. The Balaban J connectivity index is 2.16. The summed E-state index contributed by atoms with van der Waals surface area (Å²) in [6.07, 6.45) is 0. The zero-order chi connectivity index (χ0) is 19.4. The molecule has 1 fully saturated rings. The van der Waals surface area contributed by atoms with Gasteiger partial charge in [0.2, 0.25) is 0 Å². The molecule has 0 bridgehead atoms. The Bertz CT molecular complexity index is 875. The Morgan fingerprint density at radius 2 is 1.81 bits per heavy atom. The highest BCUT2D eigenvalue weighted by Crippen LogP contribution is 2.39. The molecule has 1 atom stereocenters. The monoisotopic (exact) mass is 367 g/mol. The molecule has 140 valence electrons. The van der Waals surface area contributed by atoms with E-state index in [0.29, 0.717) is 16.9 Å². The number of rotatable bonds is 6. The van der Waals surface area contributed by atoms with Gasteiger partial charge in [-0.2, -0.15) is 0 Å². The Morgan fingerprint density at radius 3 is 2.48 bits per heavy atom. The summed E-state index contributed by atoms with van der Waals surface area (Å²) < 4.78 is 10.4. The number of methoxy groups -OCH3 is 2. The summed E-state index contributed by atoms with van der Waals surface area (Å²) in [7, 11) is 3.08. The molecule has 1 saturated heterocycles. The van der Waals surface area contributed by atoms with E-state index >= 15 is 0 Å². The van der Waals surface area contributed by atoms with Crippen molar-refractivity contribution in [3.8, 4) is 5.75 Å². The molecule has 0 saturated carbocycles. The third kappa shape index (κ3) is 3.57. The van der Waals surface area contributed by atoms with Gasteiger partial charge in [-0.25, -0.2) is 0 Å². The number of likely N-dealkylation sites (tertiary alicyclic amines) is 1. The lowest BCUT2D eigenvalue weighted by molar-refractivity contribution is -0.140. The van der Waals surface area contributed by atoms with E-state index in [-0.39, 0.29) is 24.5 Å². The zero-order valence-electron chi connectivity index (χ0n) is 15.2. The maximum atomic E-state index is 12.8. The predicted octanol–water partition coefficient (Wildman–Crippen LogP) is 2.76. The van der Waals surface area contributed by atoms with Crippen LogP contribution in [0.1, 0.15) is 17.2 Å². The van der Waals surface area contributed by atoms with Crippen LogP contribution in [0.25, 0.3) is 5.76 Å². The van der Waals surface area contributed by atoms with Crippen LogP contribution in [-0.2, 0) is 14.3 Å². The molecule has 0 spiro atoms. The van der Waals surface area contributed by atoms with Crippen LogP contribution in [0.3, 0.4) is 0 Å². The highest BCUT2D eigenvalue weighted by atomic mass is 16.5. The first-order valence-electron chi connectivity index (χ1n) is 8.55. The van der Waals surface area contributed by atoms with Crippen molar-refractivity contribution in [1.29, 1.82) is 0 Å². The Morgan fingerprint density at radius 1 is 1.07 bits per heavy atom. The van der Waals surface area contributed by atoms with Gasteiger partial charge < -0.3 is 19.5 Å². The maximum Gasteiger partial charge on any atom is 0.295 e. The Kier molecular flexibility index (Phi) is 5.57. The predicted molar refractivity (Wildman–Crippen MR) is 100 cm³/mol. The summed E-state index contributed by atoms with van der Waals surface area (Å²) >= 11 is 0. The lowest BCUT2D eigenvalue weighted by Gasteiger charge is -2.25. The number of aliphatic hydroxyl groups excluding tert-OH is 1. The van der Waals surface area contributed by atoms with Crippen LogP contribution in [0, 0.1) is 0 Å². The number of ketones is 1. The lowest BCUT2D eigenvalue weighted by Crippen LogP contribution is -2.32. The average molecular weight is 367 g/mol. The van der Waals surface area contributed by atoms with Crippen LogP contribution in [-0.4, -0.2) is 49.1 Å². The van der Waals surface area contributed by atoms with E-state index in [2.05, 4.69) is 0 Å². The first kappa shape index (κ1) is 18.7. The van der Waals surface area contributed by atoms with Gasteiger partial charge in [-0.3, -0.25) is 9.59 Å². The smallest absolute Gasteiger partial charge is 0.295 e. The minimum absolute atomic E-state index is 0.0653. The van der Waals surface area contributed by atoms with Gasteiger partial charge in [-0.15, -0.1) is 0 Å². The van der Waals surface area contributed by atoms with Crippen LogP contribution < -0.4 is 4.74 Å². The number of Topliss-reactive ketones (excluding diaryl/α,β-unsaturated/α-hetero) is 1. The lowest BCUT2D eigenvalue weighted by atomic mass is 9.95. The molecule has 6 nitrogen and oxygen atoms in total. The number of carbonyl (C=O) groups is 2. The molecule has 27 heavy (non-hydrogen) atoms. The van der Waals surface area contributed by atoms with Crippen molar-refractivity contribution in [3.63, 3.8) is 0 Å². The number of amides is 1. The van der Waals surface area contributed by atoms with Crippen LogP contribution in [0.4, 0.5) is 0 Å². The summed E-state index contributed by atoms with van der Waals surface area (Å²) in [6.45, 7) is 0.507. The number of carbonyl (C=O) groups excluding carboxylic acids is 2. The van der Waals surface area contributed by atoms with E-state index in [4.69, 9.17) is 9.47 Å². The average Bonchev–Trinajstić information content (AvgIpc) is 2.97. The van der Waals surface area contributed by atoms with Gasteiger partial charge in [-0.1, -0.05) is 42.5 Å². The molecule has 0 unspecified atom stereocenters. The van der Waals surface area contributed by atoms with Gasteiger partial charge in [0.1, 0.15) is 11.5 Å². The quantitative estimate of drug-likeness (QED) is 0.483. The summed E-state index contributed by atoms with van der Waals surface area (Å²) in [4.78, 5) is 26.8. The molecular formula is C21H21NO5. The van der Waals surface area contributed by atoms with Gasteiger partial charge in [0, 0.05) is 19.2 Å². The van der Waals surface area contributed by atoms with E-state index in [1.165, 1.54) is 12.0 Å². The van der Waals surface area contributed by atoms with Gasteiger partial charge in [-0.05, 0) is 17.7 Å². The van der Waals surface area contributed by atoms with Crippen LogP contribution >= 0.6 is 0 Å². The number of aliphatic hydroxyl groups is 1. The number of hydrogen-bond donors (Lipinski definition) is 1. The first-order chi connectivity index (χ1) is 13.1. The second-order valence-corrected chi connectivity index (χ2v) is 6.13. The van der Waals surface area contributed by atoms with Crippen LogP contribution in [0.2, 0.25) is 0 Å². The molecule has 2 aromatic rings. The van der Waals surface area contributed by atoms with Crippen molar-refractivity contribution in [3.05, 3.63) is 71.3 Å². The maximum absolute atomic E-state index is 12.8. The number of ether oxygens (including phenoxy) is 2. The van der Waals surface area contributed by atoms with Gasteiger partial charge >= 0.3 is 0 Å². The number of hydrogen-bond acceptors (Lipinski definition) is 5. The van der Waals surface area contributed by atoms with Gasteiger partial charge in [0.05, 0.1) is 25.3 Å². The van der Waals surface area contributed by atoms with Crippen molar-refractivity contribution in [1.82, 2.24) is 4.90 Å². The highest BCUT2D eigenvalue weighted by Gasteiger charge is 2.45. The summed E-state index contributed by atoms with van der Waals surface area (Å²) in [5.41, 5.74) is 1.23. The largest absolute Gasteiger partial charge is 0.507 e. The van der Waals surface area contributed by atoms with E-state index in [0.717, 1.165) is 0 Å². The summed E-state index contributed by atoms with van der Waals surface area (Å²) in [5, 5.41) is 10.8. The third-order valence-corrected chi connectivity index (χ3v) is 4.53. The van der Waals surface area contributed by atoms with Gasteiger partial charge in [0.25, 0.3) is 11.7 Å². The van der Waals surface area contributed by atoms with E-state index < -0.39 is 17.7 Å². The van der Waals surface area contributed by atoms with Crippen molar-refractivity contribution >= 4 is 17.4 Å². The molecule has 0 aromatic heterocycles. The van der Waals surface area contributed by atoms with Crippen molar-refractivity contribution in [2.75, 3.05) is 27.4 Å². The molecule has 1 amide bonds. The third-order valence-electron chi connectivity index (χ3n) is 4.53. The fourth-order valence-corrected chi connectivity index (χ4v) is 3.21. The summed E-state index contributed by atoms with van der Waals surface area (Å²) in [5.74, 6) is -0.955. The molecule has 1 aliphatic rings. The van der Waals surface area contributed by atoms with Crippen molar-refractivity contribution in [2.24, 2.45) is 0 Å². The van der Waals surface area contributed by atoms with Crippen LogP contribution in [0.5, 0.6) is 5.75 Å².